The first kappa shape index (κ1) is 13.1. The minimum absolute atomic E-state index is 0.479. The summed E-state index contributed by atoms with van der Waals surface area (Å²) in [5.41, 5.74) is 0. The minimum Gasteiger partial charge on any atom is -0.379 e. The molecule has 3 heteroatoms. The van der Waals surface area contributed by atoms with Crippen LogP contribution in [0, 0.1) is 5.92 Å². The first-order valence-corrected chi connectivity index (χ1v) is 7.94. The molecule has 0 heterocycles. The maximum absolute atomic E-state index is 5.94. The van der Waals surface area contributed by atoms with E-state index in [1.807, 2.05) is 0 Å². The molecule has 2 rings (SSSR count). The lowest BCUT2D eigenvalue weighted by Gasteiger charge is -2.20. The van der Waals surface area contributed by atoms with Gasteiger partial charge < -0.3 is 9.47 Å². The van der Waals surface area contributed by atoms with Gasteiger partial charge in [0.1, 0.15) is 0 Å². The average Bonchev–Trinajstić information content (AvgIpc) is 3.08. The summed E-state index contributed by atoms with van der Waals surface area (Å²) in [5, 5.41) is 0. The van der Waals surface area contributed by atoms with E-state index >= 15 is 0 Å². The van der Waals surface area contributed by atoms with Crippen LogP contribution in [0.3, 0.4) is 0 Å². The van der Waals surface area contributed by atoms with Crippen molar-refractivity contribution in [2.75, 3.05) is 19.8 Å². The number of hydrogen-bond acceptors (Lipinski definition) is 2. The Morgan fingerprint density at radius 3 is 2.56 bits per heavy atom. The zero-order valence-corrected chi connectivity index (χ0v) is 12.2. The van der Waals surface area contributed by atoms with Crippen LogP contribution in [0.1, 0.15) is 44.9 Å². The van der Waals surface area contributed by atoms with Crippen molar-refractivity contribution in [3.8, 4) is 0 Å². The highest BCUT2D eigenvalue weighted by atomic mass is 127. The van der Waals surface area contributed by atoms with Gasteiger partial charge in [-0.1, -0.05) is 41.9 Å². The van der Waals surface area contributed by atoms with Gasteiger partial charge in [0.25, 0.3) is 0 Å². The molecule has 2 atom stereocenters. The van der Waals surface area contributed by atoms with E-state index in [0.29, 0.717) is 10.0 Å². The topological polar surface area (TPSA) is 18.5 Å². The molecule has 16 heavy (non-hydrogen) atoms. The van der Waals surface area contributed by atoms with Gasteiger partial charge in [0.15, 0.2) is 0 Å². The summed E-state index contributed by atoms with van der Waals surface area (Å²) in [6.07, 6.45) is 9.91. The molecule has 2 fully saturated rings. The number of halogens is 1. The Bertz CT molecular complexity index is 194. The largest absolute Gasteiger partial charge is 0.379 e. The van der Waals surface area contributed by atoms with Crippen molar-refractivity contribution in [3.05, 3.63) is 0 Å². The van der Waals surface area contributed by atoms with E-state index in [-0.39, 0.29) is 0 Å². The first-order valence-electron chi connectivity index (χ1n) is 6.69. The second kappa shape index (κ2) is 7.17. The molecule has 0 spiro atoms. The van der Waals surface area contributed by atoms with Crippen molar-refractivity contribution < 1.29 is 9.47 Å². The highest BCUT2D eigenvalue weighted by Crippen LogP contribution is 2.29. The Morgan fingerprint density at radius 2 is 1.75 bits per heavy atom. The average molecular weight is 338 g/mol. The third-order valence-corrected chi connectivity index (χ3v) is 4.91. The van der Waals surface area contributed by atoms with Gasteiger partial charge in [-0.15, -0.1) is 0 Å². The normalized spacial score (nSPS) is 31.3. The Balaban J connectivity index is 1.52. The molecule has 2 nitrogen and oxygen atoms in total. The molecule has 0 saturated heterocycles. The van der Waals surface area contributed by atoms with Crippen LogP contribution in [0.5, 0.6) is 0 Å². The maximum Gasteiger partial charge on any atom is 0.0704 e. The van der Waals surface area contributed by atoms with Crippen molar-refractivity contribution >= 4 is 22.6 Å². The molecule has 2 aliphatic rings. The lowest BCUT2D eigenvalue weighted by molar-refractivity contribution is 0.00112. The van der Waals surface area contributed by atoms with E-state index in [4.69, 9.17) is 9.47 Å². The summed E-state index contributed by atoms with van der Waals surface area (Å²) in [6.45, 7) is 2.54. The predicted molar refractivity (Wildman–Crippen MR) is 74.2 cm³/mol. The molecule has 0 N–H and O–H groups in total. The van der Waals surface area contributed by atoms with Crippen LogP contribution in [0.2, 0.25) is 0 Å². The van der Waals surface area contributed by atoms with E-state index in [0.717, 1.165) is 25.7 Å². The second-order valence-electron chi connectivity index (χ2n) is 5.08. The predicted octanol–water partition coefficient (Wildman–Crippen LogP) is 3.57. The number of rotatable bonds is 6. The van der Waals surface area contributed by atoms with Gasteiger partial charge in [-0.25, -0.2) is 0 Å². The molecular weight excluding hydrogens is 315 g/mol. The molecule has 2 saturated carbocycles. The molecule has 0 aromatic carbocycles. The molecular formula is C13H23IO2. The summed E-state index contributed by atoms with van der Waals surface area (Å²) in [4.78, 5) is 0. The Kier molecular flexibility index (Phi) is 5.86. The van der Waals surface area contributed by atoms with Crippen LogP contribution in [0.4, 0.5) is 0 Å². The minimum atomic E-state index is 0.479. The molecule has 0 aromatic rings. The van der Waals surface area contributed by atoms with Gasteiger partial charge in [-0.2, -0.15) is 0 Å². The van der Waals surface area contributed by atoms with Crippen LogP contribution in [-0.2, 0) is 9.47 Å². The lowest BCUT2D eigenvalue weighted by atomic mass is 10.1. The SMILES string of the molecule is IC1CCCCCC1OCCOCC1CC1. The quantitative estimate of drug-likeness (QED) is 0.319. The molecule has 94 valence electrons. The van der Waals surface area contributed by atoms with Gasteiger partial charge in [-0.3, -0.25) is 0 Å². The van der Waals surface area contributed by atoms with Crippen molar-refractivity contribution in [1.82, 2.24) is 0 Å². The van der Waals surface area contributed by atoms with Crippen molar-refractivity contribution in [3.63, 3.8) is 0 Å². The van der Waals surface area contributed by atoms with Crippen molar-refractivity contribution in [1.29, 1.82) is 0 Å². The van der Waals surface area contributed by atoms with E-state index in [1.54, 1.807) is 0 Å². The summed E-state index contributed by atoms with van der Waals surface area (Å²) >= 11 is 2.56. The molecule has 0 aromatic heterocycles. The third kappa shape index (κ3) is 4.88. The fraction of sp³-hybridized carbons (Fsp3) is 1.00. The van der Waals surface area contributed by atoms with E-state index < -0.39 is 0 Å². The number of alkyl halides is 1. The number of ether oxygens (including phenoxy) is 2. The van der Waals surface area contributed by atoms with Crippen LogP contribution >= 0.6 is 22.6 Å². The van der Waals surface area contributed by atoms with Gasteiger partial charge in [0.05, 0.1) is 19.3 Å². The highest BCUT2D eigenvalue weighted by molar-refractivity contribution is 14.1. The lowest BCUT2D eigenvalue weighted by Crippen LogP contribution is -2.24. The fourth-order valence-electron chi connectivity index (χ4n) is 2.21. The molecule has 0 radical (unpaired) electrons. The second-order valence-corrected chi connectivity index (χ2v) is 6.68. The summed E-state index contributed by atoms with van der Waals surface area (Å²) in [6, 6.07) is 0. The van der Waals surface area contributed by atoms with Crippen LogP contribution in [0.15, 0.2) is 0 Å². The summed E-state index contributed by atoms with van der Waals surface area (Å²) < 4.78 is 12.2. The van der Waals surface area contributed by atoms with Gasteiger partial charge in [0.2, 0.25) is 0 Å². The maximum atomic E-state index is 5.94. The van der Waals surface area contributed by atoms with Crippen molar-refractivity contribution in [2.45, 2.75) is 55.0 Å². The standard InChI is InChI=1S/C13H23IO2/c14-12-4-2-1-3-5-13(12)16-9-8-15-10-11-6-7-11/h11-13H,1-10H2. The van der Waals surface area contributed by atoms with Gasteiger partial charge in [-0.05, 0) is 31.6 Å². The van der Waals surface area contributed by atoms with Gasteiger partial charge >= 0.3 is 0 Å². The molecule has 2 unspecified atom stereocenters. The van der Waals surface area contributed by atoms with Crippen molar-refractivity contribution in [2.24, 2.45) is 5.92 Å². The summed E-state index contributed by atoms with van der Waals surface area (Å²) in [7, 11) is 0. The van der Waals surface area contributed by atoms with Crippen LogP contribution < -0.4 is 0 Å². The van der Waals surface area contributed by atoms with Crippen LogP contribution in [0.25, 0.3) is 0 Å². The van der Waals surface area contributed by atoms with E-state index in [9.17, 15) is 0 Å². The Morgan fingerprint density at radius 1 is 0.938 bits per heavy atom. The number of hydrogen-bond donors (Lipinski definition) is 0. The van der Waals surface area contributed by atoms with E-state index in [1.165, 1.54) is 44.9 Å². The monoisotopic (exact) mass is 338 g/mol. The van der Waals surface area contributed by atoms with Gasteiger partial charge in [0, 0.05) is 10.5 Å². The molecule has 2 aliphatic carbocycles. The summed E-state index contributed by atoms with van der Waals surface area (Å²) in [5.74, 6) is 0.871. The molecule has 0 bridgehead atoms. The van der Waals surface area contributed by atoms with E-state index in [2.05, 4.69) is 22.6 Å². The zero-order valence-electron chi connectivity index (χ0n) is 10.00. The van der Waals surface area contributed by atoms with Crippen LogP contribution in [-0.4, -0.2) is 29.8 Å². The Hall–Kier alpha value is 0.650. The fourth-order valence-corrected chi connectivity index (χ4v) is 3.22. The highest BCUT2D eigenvalue weighted by Gasteiger charge is 2.22. The molecule has 0 aliphatic heterocycles. The molecule has 0 amide bonds. The third-order valence-electron chi connectivity index (χ3n) is 3.48. The Labute approximate surface area is 113 Å². The zero-order chi connectivity index (χ0) is 11.2. The smallest absolute Gasteiger partial charge is 0.0704 e. The first-order chi connectivity index (χ1) is 7.86.